The summed E-state index contributed by atoms with van der Waals surface area (Å²) < 4.78 is 13.7. The number of carbonyl (C=O) groups is 1. The normalized spacial score (nSPS) is 10.6. The Morgan fingerprint density at radius 3 is 2.62 bits per heavy atom. The highest BCUT2D eigenvalue weighted by atomic mass is 32.1. The van der Waals surface area contributed by atoms with Crippen LogP contribution in [0.4, 0.5) is 14.9 Å². The van der Waals surface area contributed by atoms with Crippen LogP contribution in [0, 0.1) is 19.7 Å². The van der Waals surface area contributed by atoms with Crippen LogP contribution in [0.25, 0.3) is 10.6 Å². The third kappa shape index (κ3) is 4.67. The van der Waals surface area contributed by atoms with E-state index in [1.807, 2.05) is 12.3 Å². The minimum atomic E-state index is -0.451. The largest absolute Gasteiger partial charge is 0.337 e. The van der Waals surface area contributed by atoms with E-state index in [0.717, 1.165) is 21.8 Å². The second-order valence-electron chi connectivity index (χ2n) is 6.12. The van der Waals surface area contributed by atoms with Gasteiger partial charge in [0.2, 0.25) is 0 Å². The van der Waals surface area contributed by atoms with Gasteiger partial charge >= 0.3 is 6.03 Å². The Hall–Kier alpha value is -2.73. The SMILES string of the molecule is Cc1ccc(-c2nc(CCNC(=O)Nc3cc(C)ccc3F)cs2)cc1. The summed E-state index contributed by atoms with van der Waals surface area (Å²) in [5.41, 5.74) is 4.29. The van der Waals surface area contributed by atoms with Crippen molar-refractivity contribution in [2.24, 2.45) is 0 Å². The van der Waals surface area contributed by atoms with Crippen LogP contribution in [0.5, 0.6) is 0 Å². The molecule has 0 atom stereocenters. The van der Waals surface area contributed by atoms with Crippen molar-refractivity contribution < 1.29 is 9.18 Å². The topological polar surface area (TPSA) is 54.0 Å². The molecule has 1 aromatic heterocycles. The number of urea groups is 1. The average Bonchev–Trinajstić information content (AvgIpc) is 3.08. The Balaban J connectivity index is 1.51. The molecule has 6 heteroatoms. The van der Waals surface area contributed by atoms with E-state index in [1.54, 1.807) is 23.5 Å². The van der Waals surface area contributed by atoms with Crippen LogP contribution in [0.2, 0.25) is 0 Å². The molecule has 2 N–H and O–H groups in total. The smallest absolute Gasteiger partial charge is 0.319 e. The fraction of sp³-hybridized carbons (Fsp3) is 0.200. The van der Waals surface area contributed by atoms with Crippen LogP contribution in [-0.2, 0) is 6.42 Å². The summed E-state index contributed by atoms with van der Waals surface area (Å²) in [6, 6.07) is 12.4. The molecule has 3 rings (SSSR count). The number of aryl methyl sites for hydroxylation is 2. The van der Waals surface area contributed by atoms with Gasteiger partial charge in [0.1, 0.15) is 10.8 Å². The second kappa shape index (κ2) is 8.10. The number of aromatic nitrogens is 1. The molecule has 3 aromatic rings. The Kier molecular flexibility index (Phi) is 5.63. The van der Waals surface area contributed by atoms with Crippen molar-refractivity contribution in [1.82, 2.24) is 10.3 Å². The highest BCUT2D eigenvalue weighted by molar-refractivity contribution is 7.13. The molecule has 0 fully saturated rings. The van der Waals surface area contributed by atoms with E-state index >= 15 is 0 Å². The molecular formula is C20H20FN3OS. The molecule has 4 nitrogen and oxygen atoms in total. The Morgan fingerprint density at radius 2 is 1.85 bits per heavy atom. The summed E-state index contributed by atoms with van der Waals surface area (Å²) in [6.45, 7) is 4.32. The number of halogens is 1. The number of benzene rings is 2. The van der Waals surface area contributed by atoms with Gasteiger partial charge in [0.25, 0.3) is 0 Å². The summed E-state index contributed by atoms with van der Waals surface area (Å²) in [6.07, 6.45) is 0.617. The van der Waals surface area contributed by atoms with Crippen LogP contribution >= 0.6 is 11.3 Å². The molecule has 0 aliphatic rings. The number of nitrogens with zero attached hydrogens (tertiary/aromatic N) is 1. The highest BCUT2D eigenvalue weighted by Gasteiger charge is 2.08. The van der Waals surface area contributed by atoms with Crippen molar-refractivity contribution in [3.8, 4) is 10.6 Å². The lowest BCUT2D eigenvalue weighted by Gasteiger charge is -2.08. The third-order valence-electron chi connectivity index (χ3n) is 3.89. The van der Waals surface area contributed by atoms with Crippen LogP contribution in [0.15, 0.2) is 47.8 Å². The van der Waals surface area contributed by atoms with Gasteiger partial charge in [-0.1, -0.05) is 35.9 Å². The summed E-state index contributed by atoms with van der Waals surface area (Å²) in [5.74, 6) is -0.451. The lowest BCUT2D eigenvalue weighted by molar-refractivity contribution is 0.252. The molecular weight excluding hydrogens is 349 g/mol. The van der Waals surface area contributed by atoms with E-state index in [4.69, 9.17) is 0 Å². The molecule has 2 aromatic carbocycles. The van der Waals surface area contributed by atoms with Crippen LogP contribution in [0.3, 0.4) is 0 Å². The van der Waals surface area contributed by atoms with E-state index in [9.17, 15) is 9.18 Å². The number of thiazole rings is 1. The number of nitrogens with one attached hydrogen (secondary N) is 2. The van der Waals surface area contributed by atoms with Crippen LogP contribution < -0.4 is 10.6 Å². The molecule has 1 heterocycles. The Morgan fingerprint density at radius 1 is 1.12 bits per heavy atom. The monoisotopic (exact) mass is 369 g/mol. The summed E-state index contributed by atoms with van der Waals surface area (Å²) in [7, 11) is 0. The molecule has 0 aliphatic heterocycles. The maximum Gasteiger partial charge on any atom is 0.319 e. The summed E-state index contributed by atoms with van der Waals surface area (Å²) >= 11 is 1.58. The summed E-state index contributed by atoms with van der Waals surface area (Å²) in [5, 5.41) is 8.22. The number of hydrogen-bond acceptors (Lipinski definition) is 3. The molecule has 0 bridgehead atoms. The molecule has 2 amide bonds. The quantitative estimate of drug-likeness (QED) is 0.670. The zero-order chi connectivity index (χ0) is 18.5. The molecule has 0 saturated carbocycles. The van der Waals surface area contributed by atoms with Gasteiger partial charge < -0.3 is 10.6 Å². The van der Waals surface area contributed by atoms with E-state index in [1.165, 1.54) is 11.6 Å². The second-order valence-corrected chi connectivity index (χ2v) is 6.98. The van der Waals surface area contributed by atoms with Gasteiger partial charge in [-0.15, -0.1) is 11.3 Å². The third-order valence-corrected chi connectivity index (χ3v) is 4.83. The van der Waals surface area contributed by atoms with E-state index in [-0.39, 0.29) is 5.69 Å². The minimum Gasteiger partial charge on any atom is -0.337 e. The van der Waals surface area contributed by atoms with Crippen molar-refractivity contribution >= 4 is 23.1 Å². The number of rotatable bonds is 5. The number of hydrogen-bond donors (Lipinski definition) is 2. The van der Waals surface area contributed by atoms with Gasteiger partial charge in [0, 0.05) is 23.9 Å². The van der Waals surface area contributed by atoms with Crippen molar-refractivity contribution in [2.45, 2.75) is 20.3 Å². The molecule has 0 unspecified atom stereocenters. The predicted molar refractivity (Wildman–Crippen MR) is 104 cm³/mol. The zero-order valence-electron chi connectivity index (χ0n) is 14.7. The number of amides is 2. The first kappa shape index (κ1) is 18.1. The maximum atomic E-state index is 13.7. The molecule has 26 heavy (non-hydrogen) atoms. The molecule has 0 saturated heterocycles. The first-order chi connectivity index (χ1) is 12.5. The van der Waals surface area contributed by atoms with Gasteiger partial charge in [0.05, 0.1) is 11.4 Å². The van der Waals surface area contributed by atoms with Crippen LogP contribution in [-0.4, -0.2) is 17.6 Å². The average molecular weight is 369 g/mol. The van der Waals surface area contributed by atoms with E-state index in [2.05, 4.69) is 46.8 Å². The van der Waals surface area contributed by atoms with Crippen molar-refractivity contribution in [1.29, 1.82) is 0 Å². The van der Waals surface area contributed by atoms with Gasteiger partial charge in [0.15, 0.2) is 0 Å². The minimum absolute atomic E-state index is 0.179. The Labute approximate surface area is 156 Å². The lowest BCUT2D eigenvalue weighted by Crippen LogP contribution is -2.30. The molecule has 134 valence electrons. The van der Waals surface area contributed by atoms with Gasteiger partial charge in [-0.25, -0.2) is 14.2 Å². The van der Waals surface area contributed by atoms with E-state index in [0.29, 0.717) is 13.0 Å². The van der Waals surface area contributed by atoms with Gasteiger partial charge in [-0.3, -0.25) is 0 Å². The first-order valence-electron chi connectivity index (χ1n) is 8.34. The van der Waals surface area contributed by atoms with Crippen molar-refractivity contribution in [3.05, 3.63) is 70.5 Å². The molecule has 0 radical (unpaired) electrons. The lowest BCUT2D eigenvalue weighted by atomic mass is 10.2. The summed E-state index contributed by atoms with van der Waals surface area (Å²) in [4.78, 5) is 16.5. The predicted octanol–water partition coefficient (Wildman–Crippen LogP) is 4.93. The highest BCUT2D eigenvalue weighted by Crippen LogP contribution is 2.24. The van der Waals surface area contributed by atoms with E-state index < -0.39 is 11.8 Å². The zero-order valence-corrected chi connectivity index (χ0v) is 15.5. The first-order valence-corrected chi connectivity index (χ1v) is 9.21. The molecule has 0 aliphatic carbocycles. The number of carbonyl (C=O) groups excluding carboxylic acids is 1. The fourth-order valence-electron chi connectivity index (χ4n) is 2.46. The maximum absolute atomic E-state index is 13.7. The Bertz CT molecular complexity index is 906. The van der Waals surface area contributed by atoms with Crippen LogP contribution in [0.1, 0.15) is 16.8 Å². The standard InChI is InChI=1S/C20H20FN3OS/c1-13-3-6-15(7-4-13)19-23-16(12-26-19)9-10-22-20(25)24-18-11-14(2)5-8-17(18)21/h3-8,11-12H,9-10H2,1-2H3,(H2,22,24,25). The number of anilines is 1. The van der Waals surface area contributed by atoms with Crippen molar-refractivity contribution in [2.75, 3.05) is 11.9 Å². The van der Waals surface area contributed by atoms with Gasteiger partial charge in [-0.2, -0.15) is 0 Å². The fourth-order valence-corrected chi connectivity index (χ4v) is 3.32. The van der Waals surface area contributed by atoms with Crippen molar-refractivity contribution in [3.63, 3.8) is 0 Å². The molecule has 0 spiro atoms. The van der Waals surface area contributed by atoms with Gasteiger partial charge in [-0.05, 0) is 31.5 Å².